The second-order valence-corrected chi connectivity index (χ2v) is 6.02. The number of hydrogen-bond donors (Lipinski definition) is 1. The summed E-state index contributed by atoms with van der Waals surface area (Å²) in [6.45, 7) is 0.991. The van der Waals surface area contributed by atoms with Crippen LogP contribution in [-0.2, 0) is 4.79 Å². The van der Waals surface area contributed by atoms with Gasteiger partial charge in [0.1, 0.15) is 0 Å². The molecule has 0 radical (unpaired) electrons. The Labute approximate surface area is 138 Å². The van der Waals surface area contributed by atoms with Crippen LogP contribution in [0.5, 0.6) is 0 Å². The molecule has 2 aromatic rings. The lowest BCUT2D eigenvalue weighted by Gasteiger charge is -2.30. The fourth-order valence-corrected chi connectivity index (χ4v) is 3.00. The molecule has 1 saturated heterocycles. The maximum absolute atomic E-state index is 12.6. The van der Waals surface area contributed by atoms with Crippen molar-refractivity contribution in [3.63, 3.8) is 0 Å². The van der Waals surface area contributed by atoms with E-state index in [1.807, 2.05) is 18.2 Å². The lowest BCUT2D eigenvalue weighted by Crippen LogP contribution is -2.44. The highest BCUT2D eigenvalue weighted by atomic mass is 35.5. The zero-order valence-corrected chi connectivity index (χ0v) is 13.2. The van der Waals surface area contributed by atoms with E-state index >= 15 is 0 Å². The minimum Gasteiger partial charge on any atom is -0.369 e. The molecule has 1 aliphatic heterocycles. The first-order chi connectivity index (χ1) is 11.1. The third-order valence-electron chi connectivity index (χ3n) is 4.04. The summed E-state index contributed by atoms with van der Waals surface area (Å²) in [6.07, 6.45) is 4.67. The van der Waals surface area contributed by atoms with Gasteiger partial charge in [0.15, 0.2) is 0 Å². The van der Waals surface area contributed by atoms with Gasteiger partial charge < -0.3 is 10.6 Å². The number of halogens is 1. The minimum absolute atomic E-state index is 0.144. The van der Waals surface area contributed by atoms with Gasteiger partial charge in [0, 0.05) is 19.3 Å². The van der Waals surface area contributed by atoms with Crippen molar-refractivity contribution in [3.8, 4) is 5.69 Å². The normalized spacial score (nSPS) is 18.0. The monoisotopic (exact) mass is 332 g/mol. The molecule has 2 amide bonds. The lowest BCUT2D eigenvalue weighted by molar-refractivity contribution is -0.123. The Kier molecular flexibility index (Phi) is 4.34. The van der Waals surface area contributed by atoms with Crippen molar-refractivity contribution in [1.82, 2.24) is 14.7 Å². The van der Waals surface area contributed by atoms with Crippen LogP contribution in [0.2, 0.25) is 5.02 Å². The third kappa shape index (κ3) is 3.22. The Morgan fingerprint density at radius 2 is 2.09 bits per heavy atom. The maximum atomic E-state index is 12.6. The predicted octanol–water partition coefficient (Wildman–Crippen LogP) is 1.86. The van der Waals surface area contributed by atoms with Crippen LogP contribution in [0, 0.1) is 5.92 Å². The van der Waals surface area contributed by atoms with Gasteiger partial charge in [-0.1, -0.05) is 23.7 Å². The Morgan fingerprint density at radius 1 is 1.30 bits per heavy atom. The van der Waals surface area contributed by atoms with Crippen molar-refractivity contribution in [3.05, 3.63) is 47.2 Å². The quantitative estimate of drug-likeness (QED) is 0.931. The van der Waals surface area contributed by atoms with Gasteiger partial charge in [0.2, 0.25) is 5.91 Å². The SMILES string of the molecule is NC(=O)[C@@H]1CCCN(C(=O)c2cnn(-c3ccccc3Cl)c2)C1. The number of hydrogen-bond acceptors (Lipinski definition) is 3. The largest absolute Gasteiger partial charge is 0.369 e. The molecule has 1 atom stereocenters. The van der Waals surface area contributed by atoms with Crippen molar-refractivity contribution < 1.29 is 9.59 Å². The number of nitrogens with two attached hydrogens (primary N) is 1. The van der Waals surface area contributed by atoms with Gasteiger partial charge in [-0.05, 0) is 25.0 Å². The van der Waals surface area contributed by atoms with Gasteiger partial charge in [0.05, 0.1) is 28.4 Å². The van der Waals surface area contributed by atoms with E-state index in [0.29, 0.717) is 29.4 Å². The molecular formula is C16H17ClN4O2. The molecule has 0 bridgehead atoms. The number of amides is 2. The summed E-state index contributed by atoms with van der Waals surface area (Å²) in [4.78, 5) is 25.6. The van der Waals surface area contributed by atoms with E-state index in [0.717, 1.165) is 12.8 Å². The number of carbonyl (C=O) groups is 2. The molecule has 0 unspecified atom stereocenters. The molecule has 0 spiro atoms. The molecule has 23 heavy (non-hydrogen) atoms. The molecule has 0 aliphatic carbocycles. The Bertz CT molecular complexity index is 743. The summed E-state index contributed by atoms with van der Waals surface area (Å²) in [7, 11) is 0. The molecular weight excluding hydrogens is 316 g/mol. The zero-order chi connectivity index (χ0) is 16.4. The Hall–Kier alpha value is -2.34. The van der Waals surface area contributed by atoms with Crippen molar-refractivity contribution in [2.75, 3.05) is 13.1 Å². The van der Waals surface area contributed by atoms with E-state index < -0.39 is 0 Å². The number of likely N-dealkylation sites (tertiary alicyclic amines) is 1. The highest BCUT2D eigenvalue weighted by Gasteiger charge is 2.28. The van der Waals surface area contributed by atoms with E-state index in [4.69, 9.17) is 17.3 Å². The molecule has 1 aromatic carbocycles. The van der Waals surface area contributed by atoms with Crippen LogP contribution in [0.15, 0.2) is 36.7 Å². The maximum Gasteiger partial charge on any atom is 0.257 e. The van der Waals surface area contributed by atoms with Gasteiger partial charge in [-0.2, -0.15) is 5.10 Å². The number of para-hydroxylation sites is 1. The summed E-state index contributed by atoms with van der Waals surface area (Å²) in [5, 5.41) is 4.77. The van der Waals surface area contributed by atoms with Gasteiger partial charge in [0.25, 0.3) is 5.91 Å². The summed E-state index contributed by atoms with van der Waals surface area (Å²) in [5.74, 6) is -0.769. The second-order valence-electron chi connectivity index (χ2n) is 5.62. The Morgan fingerprint density at radius 3 is 2.83 bits per heavy atom. The van der Waals surface area contributed by atoms with Crippen LogP contribution in [0.1, 0.15) is 23.2 Å². The molecule has 2 heterocycles. The van der Waals surface area contributed by atoms with Crippen molar-refractivity contribution in [1.29, 1.82) is 0 Å². The van der Waals surface area contributed by atoms with E-state index in [-0.39, 0.29) is 17.7 Å². The molecule has 3 rings (SSSR count). The topological polar surface area (TPSA) is 81.2 Å². The summed E-state index contributed by atoms with van der Waals surface area (Å²) in [5.41, 5.74) is 6.53. The fraction of sp³-hybridized carbons (Fsp3) is 0.312. The van der Waals surface area contributed by atoms with Crippen LogP contribution < -0.4 is 5.73 Å². The summed E-state index contributed by atoms with van der Waals surface area (Å²) in [6, 6.07) is 7.28. The first kappa shape index (κ1) is 15.6. The number of rotatable bonds is 3. The van der Waals surface area contributed by atoms with Crippen molar-refractivity contribution in [2.24, 2.45) is 11.7 Å². The third-order valence-corrected chi connectivity index (χ3v) is 4.36. The van der Waals surface area contributed by atoms with Crippen LogP contribution in [0.3, 0.4) is 0 Å². The Balaban J connectivity index is 1.79. The van der Waals surface area contributed by atoms with Crippen molar-refractivity contribution >= 4 is 23.4 Å². The smallest absolute Gasteiger partial charge is 0.257 e. The lowest BCUT2D eigenvalue weighted by atomic mass is 9.97. The molecule has 1 aliphatic rings. The highest BCUT2D eigenvalue weighted by Crippen LogP contribution is 2.21. The van der Waals surface area contributed by atoms with Crippen LogP contribution in [0.4, 0.5) is 0 Å². The molecule has 2 N–H and O–H groups in total. The highest BCUT2D eigenvalue weighted by molar-refractivity contribution is 6.32. The first-order valence-corrected chi connectivity index (χ1v) is 7.82. The standard InChI is InChI=1S/C16H17ClN4O2/c17-13-5-1-2-6-14(13)21-10-12(8-19-21)16(23)20-7-3-4-11(9-20)15(18)22/h1-2,5-6,8,10-11H,3-4,7,9H2,(H2,18,22)/t11-/m1/s1. The number of aromatic nitrogens is 2. The van der Waals surface area contributed by atoms with E-state index in [1.54, 1.807) is 21.8 Å². The number of piperidine rings is 1. The number of benzene rings is 1. The number of nitrogens with zero attached hydrogens (tertiary/aromatic N) is 3. The van der Waals surface area contributed by atoms with Gasteiger partial charge >= 0.3 is 0 Å². The average Bonchev–Trinajstić information content (AvgIpc) is 3.04. The molecule has 1 aromatic heterocycles. The first-order valence-electron chi connectivity index (χ1n) is 7.44. The molecule has 0 saturated carbocycles. The number of carbonyl (C=O) groups excluding carboxylic acids is 2. The molecule has 7 heteroatoms. The van der Waals surface area contributed by atoms with Crippen LogP contribution in [0.25, 0.3) is 5.69 Å². The molecule has 6 nitrogen and oxygen atoms in total. The summed E-state index contributed by atoms with van der Waals surface area (Å²) < 4.78 is 1.57. The van der Waals surface area contributed by atoms with Gasteiger partial charge in [-0.15, -0.1) is 0 Å². The fourth-order valence-electron chi connectivity index (χ4n) is 2.78. The molecule has 1 fully saturated rings. The van der Waals surface area contributed by atoms with E-state index in [1.165, 1.54) is 6.20 Å². The second kappa shape index (κ2) is 6.42. The van der Waals surface area contributed by atoms with Crippen LogP contribution >= 0.6 is 11.6 Å². The van der Waals surface area contributed by atoms with Gasteiger partial charge in [-0.3, -0.25) is 9.59 Å². The zero-order valence-electron chi connectivity index (χ0n) is 12.5. The van der Waals surface area contributed by atoms with Gasteiger partial charge in [-0.25, -0.2) is 4.68 Å². The van der Waals surface area contributed by atoms with Crippen LogP contribution in [-0.4, -0.2) is 39.6 Å². The van der Waals surface area contributed by atoms with E-state index in [9.17, 15) is 9.59 Å². The van der Waals surface area contributed by atoms with E-state index in [2.05, 4.69) is 5.10 Å². The number of primary amides is 1. The summed E-state index contributed by atoms with van der Waals surface area (Å²) >= 11 is 6.14. The van der Waals surface area contributed by atoms with Crippen molar-refractivity contribution in [2.45, 2.75) is 12.8 Å². The predicted molar refractivity (Wildman–Crippen MR) is 86.4 cm³/mol. The molecule has 120 valence electrons. The average molecular weight is 333 g/mol. The minimum atomic E-state index is -0.353.